The minimum atomic E-state index is -0.458. The van der Waals surface area contributed by atoms with Gasteiger partial charge in [0.05, 0.1) is 19.9 Å². The molecule has 2 N–H and O–H groups in total. The second kappa shape index (κ2) is 8.39. The van der Waals surface area contributed by atoms with Crippen molar-refractivity contribution in [2.24, 2.45) is 0 Å². The molecule has 0 spiro atoms. The number of halogens is 1. The van der Waals surface area contributed by atoms with E-state index in [9.17, 15) is 9.59 Å². The number of amides is 2. The summed E-state index contributed by atoms with van der Waals surface area (Å²) in [4.78, 5) is 24.2. The minimum absolute atomic E-state index is 0.332. The first kappa shape index (κ1) is 18.6. The SMILES string of the molecule is COc1ccc(NC(=O)CC(=O)Nc2cccc(Cl)c2C)c(OC)c1. The number of carbonyl (C=O) groups excluding carboxylic acids is 2. The molecule has 2 rings (SSSR count). The van der Waals surface area contributed by atoms with E-state index in [-0.39, 0.29) is 6.42 Å². The third kappa shape index (κ3) is 4.87. The third-order valence-electron chi connectivity index (χ3n) is 3.55. The molecular weight excluding hydrogens is 344 g/mol. The Morgan fingerprint density at radius 2 is 1.68 bits per heavy atom. The maximum atomic E-state index is 12.1. The van der Waals surface area contributed by atoms with E-state index in [0.29, 0.717) is 27.9 Å². The largest absolute Gasteiger partial charge is 0.497 e. The number of nitrogens with one attached hydrogen (secondary N) is 2. The van der Waals surface area contributed by atoms with Crippen LogP contribution < -0.4 is 20.1 Å². The number of anilines is 2. The lowest BCUT2D eigenvalue weighted by Crippen LogP contribution is -2.22. The van der Waals surface area contributed by atoms with E-state index < -0.39 is 11.8 Å². The molecule has 6 nitrogen and oxygen atoms in total. The van der Waals surface area contributed by atoms with E-state index in [4.69, 9.17) is 21.1 Å². The van der Waals surface area contributed by atoms with Gasteiger partial charge in [0, 0.05) is 16.8 Å². The molecule has 132 valence electrons. The Morgan fingerprint density at radius 3 is 2.32 bits per heavy atom. The van der Waals surface area contributed by atoms with Gasteiger partial charge in [0.2, 0.25) is 11.8 Å². The van der Waals surface area contributed by atoms with Gasteiger partial charge in [-0.3, -0.25) is 9.59 Å². The fourth-order valence-corrected chi connectivity index (χ4v) is 2.35. The van der Waals surface area contributed by atoms with Crippen LogP contribution in [-0.2, 0) is 9.59 Å². The van der Waals surface area contributed by atoms with Crippen LogP contribution in [0.5, 0.6) is 11.5 Å². The number of methoxy groups -OCH3 is 2. The molecule has 0 aliphatic carbocycles. The van der Waals surface area contributed by atoms with Crippen molar-refractivity contribution < 1.29 is 19.1 Å². The highest BCUT2D eigenvalue weighted by Crippen LogP contribution is 2.29. The molecular formula is C18H19ClN2O4. The van der Waals surface area contributed by atoms with E-state index in [1.54, 1.807) is 43.3 Å². The molecule has 0 bridgehead atoms. The molecule has 0 atom stereocenters. The van der Waals surface area contributed by atoms with E-state index in [0.717, 1.165) is 5.56 Å². The third-order valence-corrected chi connectivity index (χ3v) is 3.96. The van der Waals surface area contributed by atoms with Gasteiger partial charge in [-0.2, -0.15) is 0 Å². The van der Waals surface area contributed by atoms with E-state index >= 15 is 0 Å². The minimum Gasteiger partial charge on any atom is -0.497 e. The standard InChI is InChI=1S/C18H19ClN2O4/c1-11-13(19)5-4-6-14(11)20-17(22)10-18(23)21-15-8-7-12(24-2)9-16(15)25-3/h4-9H,10H2,1-3H3,(H,20,22)(H,21,23). The molecule has 2 aromatic carbocycles. The summed E-state index contributed by atoms with van der Waals surface area (Å²) >= 11 is 6.01. The van der Waals surface area contributed by atoms with Crippen LogP contribution in [0.2, 0.25) is 5.02 Å². The first-order valence-electron chi connectivity index (χ1n) is 7.51. The van der Waals surface area contributed by atoms with Gasteiger partial charge in [-0.25, -0.2) is 0 Å². The van der Waals surface area contributed by atoms with Crippen molar-refractivity contribution in [1.29, 1.82) is 0 Å². The van der Waals surface area contributed by atoms with Crippen LogP contribution in [0.25, 0.3) is 0 Å². The molecule has 0 aliphatic rings. The summed E-state index contributed by atoms with van der Waals surface area (Å²) in [6, 6.07) is 10.2. The Hall–Kier alpha value is -2.73. The summed E-state index contributed by atoms with van der Waals surface area (Å²) < 4.78 is 10.3. The van der Waals surface area contributed by atoms with Crippen molar-refractivity contribution >= 4 is 34.8 Å². The maximum absolute atomic E-state index is 12.1. The summed E-state index contributed by atoms with van der Waals surface area (Å²) in [5.41, 5.74) is 1.78. The number of benzene rings is 2. The van der Waals surface area contributed by atoms with Crippen molar-refractivity contribution in [3.05, 3.63) is 47.0 Å². The first-order chi connectivity index (χ1) is 11.9. The van der Waals surface area contributed by atoms with E-state index in [1.807, 2.05) is 0 Å². The fourth-order valence-electron chi connectivity index (χ4n) is 2.18. The van der Waals surface area contributed by atoms with Crippen molar-refractivity contribution in [2.75, 3.05) is 24.9 Å². The second-order valence-corrected chi connectivity index (χ2v) is 5.66. The fraction of sp³-hybridized carbons (Fsp3) is 0.222. The van der Waals surface area contributed by atoms with Gasteiger partial charge in [0.25, 0.3) is 0 Å². The Balaban J connectivity index is 2.00. The second-order valence-electron chi connectivity index (χ2n) is 5.25. The van der Waals surface area contributed by atoms with Crippen molar-refractivity contribution in [1.82, 2.24) is 0 Å². The van der Waals surface area contributed by atoms with Gasteiger partial charge in [-0.15, -0.1) is 0 Å². The predicted molar refractivity (Wildman–Crippen MR) is 97.6 cm³/mol. The van der Waals surface area contributed by atoms with Crippen LogP contribution in [0, 0.1) is 6.92 Å². The van der Waals surface area contributed by atoms with Crippen LogP contribution in [0.3, 0.4) is 0 Å². The summed E-state index contributed by atoms with van der Waals surface area (Å²) in [5, 5.41) is 5.87. The van der Waals surface area contributed by atoms with E-state index in [2.05, 4.69) is 10.6 Å². The quantitative estimate of drug-likeness (QED) is 0.769. The average molecular weight is 363 g/mol. The smallest absolute Gasteiger partial charge is 0.233 e. The Morgan fingerprint density at radius 1 is 1.00 bits per heavy atom. The van der Waals surface area contributed by atoms with E-state index in [1.165, 1.54) is 14.2 Å². The van der Waals surface area contributed by atoms with Gasteiger partial charge in [0.15, 0.2) is 0 Å². The Labute approximate surface area is 151 Å². The molecule has 0 aliphatic heterocycles. The lowest BCUT2D eigenvalue weighted by Gasteiger charge is -2.12. The van der Waals surface area contributed by atoms with Gasteiger partial charge in [-0.05, 0) is 36.8 Å². The summed E-state index contributed by atoms with van der Waals surface area (Å²) in [6.07, 6.45) is -0.332. The highest BCUT2D eigenvalue weighted by Gasteiger charge is 2.14. The number of hydrogen-bond donors (Lipinski definition) is 2. The molecule has 0 unspecified atom stereocenters. The number of rotatable bonds is 6. The van der Waals surface area contributed by atoms with Crippen molar-refractivity contribution in [3.63, 3.8) is 0 Å². The van der Waals surface area contributed by atoms with Crippen LogP contribution >= 0.6 is 11.6 Å². The summed E-state index contributed by atoms with van der Waals surface area (Å²) in [5.74, 6) is 0.152. The summed E-state index contributed by atoms with van der Waals surface area (Å²) in [7, 11) is 3.02. The van der Waals surface area contributed by atoms with Crippen molar-refractivity contribution in [3.8, 4) is 11.5 Å². The highest BCUT2D eigenvalue weighted by molar-refractivity contribution is 6.31. The number of hydrogen-bond acceptors (Lipinski definition) is 4. The molecule has 0 aromatic heterocycles. The van der Waals surface area contributed by atoms with Crippen molar-refractivity contribution in [2.45, 2.75) is 13.3 Å². The number of ether oxygens (including phenoxy) is 2. The highest BCUT2D eigenvalue weighted by atomic mass is 35.5. The molecule has 0 saturated carbocycles. The zero-order valence-corrected chi connectivity index (χ0v) is 14.9. The zero-order chi connectivity index (χ0) is 18.4. The lowest BCUT2D eigenvalue weighted by molar-refractivity contribution is -0.123. The van der Waals surface area contributed by atoms with Gasteiger partial charge < -0.3 is 20.1 Å². The number of carbonyl (C=O) groups is 2. The normalized spacial score (nSPS) is 10.1. The van der Waals surface area contributed by atoms with Gasteiger partial charge >= 0.3 is 0 Å². The molecule has 7 heteroatoms. The lowest BCUT2D eigenvalue weighted by atomic mass is 10.2. The van der Waals surface area contributed by atoms with Crippen LogP contribution in [-0.4, -0.2) is 26.0 Å². The maximum Gasteiger partial charge on any atom is 0.233 e. The van der Waals surface area contributed by atoms with Crippen LogP contribution in [0.15, 0.2) is 36.4 Å². The molecule has 25 heavy (non-hydrogen) atoms. The molecule has 0 radical (unpaired) electrons. The van der Waals surface area contributed by atoms with Crippen LogP contribution in [0.1, 0.15) is 12.0 Å². The Bertz CT molecular complexity index is 793. The van der Waals surface area contributed by atoms with Crippen LogP contribution in [0.4, 0.5) is 11.4 Å². The predicted octanol–water partition coefficient (Wildman–Crippen LogP) is 3.63. The van der Waals surface area contributed by atoms with Gasteiger partial charge in [0.1, 0.15) is 17.9 Å². The summed E-state index contributed by atoms with van der Waals surface area (Å²) in [6.45, 7) is 1.79. The molecule has 2 amide bonds. The molecule has 0 heterocycles. The average Bonchev–Trinajstić information content (AvgIpc) is 2.59. The monoisotopic (exact) mass is 362 g/mol. The molecule has 2 aromatic rings. The molecule has 0 fully saturated rings. The Kier molecular flexibility index (Phi) is 6.25. The molecule has 0 saturated heterocycles. The van der Waals surface area contributed by atoms with Gasteiger partial charge in [-0.1, -0.05) is 17.7 Å². The topological polar surface area (TPSA) is 76.7 Å². The first-order valence-corrected chi connectivity index (χ1v) is 7.89. The zero-order valence-electron chi connectivity index (χ0n) is 14.2.